The van der Waals surface area contributed by atoms with Gasteiger partial charge in [-0.05, 0) is 32.6 Å². The molecule has 82 valence electrons. The van der Waals surface area contributed by atoms with Gasteiger partial charge < -0.3 is 15.5 Å². The van der Waals surface area contributed by atoms with Crippen LogP contribution in [0.3, 0.4) is 0 Å². The van der Waals surface area contributed by atoms with Crippen molar-refractivity contribution in [3.63, 3.8) is 0 Å². The van der Waals surface area contributed by atoms with Crippen molar-refractivity contribution < 1.29 is 15.0 Å². The molecule has 1 aliphatic rings. The van der Waals surface area contributed by atoms with Crippen LogP contribution < -0.4 is 5.32 Å². The average molecular weight is 201 g/mol. The van der Waals surface area contributed by atoms with Crippen molar-refractivity contribution in [3.05, 3.63) is 0 Å². The van der Waals surface area contributed by atoms with Gasteiger partial charge in [-0.1, -0.05) is 0 Å². The summed E-state index contributed by atoms with van der Waals surface area (Å²) < 4.78 is 0. The Balaban J connectivity index is 2.08. The van der Waals surface area contributed by atoms with E-state index < -0.39 is 11.6 Å². The molecule has 0 aromatic rings. The Hall–Kier alpha value is -0.610. The van der Waals surface area contributed by atoms with Crippen molar-refractivity contribution in [2.45, 2.75) is 50.7 Å². The molecule has 4 heteroatoms. The van der Waals surface area contributed by atoms with Gasteiger partial charge in [0.15, 0.2) is 0 Å². The van der Waals surface area contributed by atoms with Gasteiger partial charge in [-0.2, -0.15) is 0 Å². The highest BCUT2D eigenvalue weighted by Gasteiger charge is 2.34. The molecule has 3 N–H and O–H groups in total. The first kappa shape index (κ1) is 11.5. The summed E-state index contributed by atoms with van der Waals surface area (Å²) in [5.74, 6) is -0.763. The molecule has 4 nitrogen and oxygen atoms in total. The van der Waals surface area contributed by atoms with E-state index in [9.17, 15) is 9.90 Å². The van der Waals surface area contributed by atoms with Gasteiger partial charge in [0.25, 0.3) is 0 Å². The molecule has 0 heterocycles. The van der Waals surface area contributed by atoms with E-state index in [2.05, 4.69) is 5.32 Å². The number of carbonyl (C=O) groups is 1. The molecular weight excluding hydrogens is 182 g/mol. The third-order valence-corrected chi connectivity index (χ3v) is 2.86. The van der Waals surface area contributed by atoms with Crippen LogP contribution in [0, 0.1) is 0 Å². The van der Waals surface area contributed by atoms with E-state index >= 15 is 0 Å². The number of carboxylic acids is 1. The van der Waals surface area contributed by atoms with Gasteiger partial charge >= 0.3 is 5.97 Å². The van der Waals surface area contributed by atoms with Crippen molar-refractivity contribution in [2.24, 2.45) is 0 Å². The lowest BCUT2D eigenvalue weighted by atomic mass is 9.80. The summed E-state index contributed by atoms with van der Waals surface area (Å²) in [6, 6.07) is 0.163. The number of aliphatic hydroxyl groups is 1. The second-order valence-corrected chi connectivity index (χ2v) is 4.29. The van der Waals surface area contributed by atoms with Gasteiger partial charge in [-0.25, -0.2) is 0 Å². The van der Waals surface area contributed by atoms with E-state index in [4.69, 9.17) is 5.11 Å². The summed E-state index contributed by atoms with van der Waals surface area (Å²) in [6.07, 6.45) is 3.64. The maximum absolute atomic E-state index is 10.3. The predicted octanol–water partition coefficient (Wildman–Crippen LogP) is 0.744. The summed E-state index contributed by atoms with van der Waals surface area (Å²) in [5.41, 5.74) is -0.516. The lowest BCUT2D eigenvalue weighted by Gasteiger charge is -2.37. The highest BCUT2D eigenvalue weighted by Crippen LogP contribution is 2.30. The molecule has 0 aromatic carbocycles. The zero-order chi connectivity index (χ0) is 10.6. The average Bonchev–Trinajstić information content (AvgIpc) is 2.08. The number of aliphatic carboxylic acids is 1. The Kier molecular flexibility index (Phi) is 3.89. The first-order valence-electron chi connectivity index (χ1n) is 5.19. The number of hydrogen-bond acceptors (Lipinski definition) is 3. The van der Waals surface area contributed by atoms with Gasteiger partial charge in [0.2, 0.25) is 0 Å². The number of carboxylic acid groups (broad SMARTS) is 1. The van der Waals surface area contributed by atoms with Crippen molar-refractivity contribution in [1.82, 2.24) is 5.32 Å². The molecule has 1 unspecified atom stereocenters. The van der Waals surface area contributed by atoms with Crippen LogP contribution in [0.15, 0.2) is 0 Å². The molecule has 0 saturated heterocycles. The molecule has 0 radical (unpaired) electrons. The van der Waals surface area contributed by atoms with Crippen LogP contribution >= 0.6 is 0 Å². The van der Waals surface area contributed by atoms with Crippen molar-refractivity contribution in [3.8, 4) is 0 Å². The van der Waals surface area contributed by atoms with E-state index in [0.29, 0.717) is 13.0 Å². The Labute approximate surface area is 84.3 Å². The van der Waals surface area contributed by atoms with Crippen LogP contribution in [0.2, 0.25) is 0 Å². The third kappa shape index (κ3) is 3.64. The molecule has 1 fully saturated rings. The van der Waals surface area contributed by atoms with E-state index in [0.717, 1.165) is 19.3 Å². The molecule has 1 atom stereocenters. The Morgan fingerprint density at radius 1 is 1.57 bits per heavy atom. The Bertz CT molecular complexity index is 202. The van der Waals surface area contributed by atoms with Crippen LogP contribution in [0.4, 0.5) is 0 Å². The highest BCUT2D eigenvalue weighted by molar-refractivity contribution is 5.66. The monoisotopic (exact) mass is 201 g/mol. The summed E-state index contributed by atoms with van der Waals surface area (Å²) in [4.78, 5) is 10.3. The van der Waals surface area contributed by atoms with Crippen molar-refractivity contribution in [1.29, 1.82) is 0 Å². The van der Waals surface area contributed by atoms with Gasteiger partial charge in [0.05, 0.1) is 5.60 Å². The summed E-state index contributed by atoms with van der Waals surface area (Å²) >= 11 is 0. The van der Waals surface area contributed by atoms with Gasteiger partial charge in [0.1, 0.15) is 0 Å². The zero-order valence-electron chi connectivity index (χ0n) is 8.62. The fourth-order valence-corrected chi connectivity index (χ4v) is 1.57. The van der Waals surface area contributed by atoms with Gasteiger partial charge in [-0.3, -0.25) is 4.79 Å². The minimum absolute atomic E-state index is 0.163. The van der Waals surface area contributed by atoms with E-state index in [1.165, 1.54) is 0 Å². The van der Waals surface area contributed by atoms with Crippen LogP contribution in [0.1, 0.15) is 39.0 Å². The normalized spacial score (nSPS) is 21.3. The largest absolute Gasteiger partial charge is 0.481 e. The maximum atomic E-state index is 10.3. The molecule has 14 heavy (non-hydrogen) atoms. The zero-order valence-corrected chi connectivity index (χ0v) is 8.62. The second kappa shape index (κ2) is 4.75. The van der Waals surface area contributed by atoms with Crippen LogP contribution in [0.5, 0.6) is 0 Å². The fraction of sp³-hybridized carbons (Fsp3) is 0.900. The second-order valence-electron chi connectivity index (χ2n) is 4.29. The summed E-state index contributed by atoms with van der Waals surface area (Å²) in [7, 11) is 0. The van der Waals surface area contributed by atoms with Crippen LogP contribution in [-0.4, -0.2) is 34.4 Å². The highest BCUT2D eigenvalue weighted by atomic mass is 16.4. The molecule has 1 aliphatic carbocycles. The molecule has 0 spiro atoms. The molecular formula is C10H19NO3. The minimum Gasteiger partial charge on any atom is -0.481 e. The smallest absolute Gasteiger partial charge is 0.303 e. The molecule has 0 bridgehead atoms. The SMILES string of the molecule is CC(CCC(=O)O)NCC1(O)CCC1. The summed E-state index contributed by atoms with van der Waals surface area (Å²) in [6.45, 7) is 2.54. The quantitative estimate of drug-likeness (QED) is 0.593. The lowest BCUT2D eigenvalue weighted by Crippen LogP contribution is -2.48. The predicted molar refractivity (Wildman–Crippen MR) is 53.1 cm³/mol. The molecule has 1 rings (SSSR count). The van der Waals surface area contributed by atoms with Crippen LogP contribution in [-0.2, 0) is 4.79 Å². The van der Waals surface area contributed by atoms with E-state index in [1.807, 2.05) is 6.92 Å². The van der Waals surface area contributed by atoms with Crippen molar-refractivity contribution >= 4 is 5.97 Å². The van der Waals surface area contributed by atoms with Crippen LogP contribution in [0.25, 0.3) is 0 Å². The topological polar surface area (TPSA) is 69.6 Å². The summed E-state index contributed by atoms with van der Waals surface area (Å²) in [5, 5.41) is 21.4. The lowest BCUT2D eigenvalue weighted by molar-refractivity contribution is -0.137. The van der Waals surface area contributed by atoms with E-state index in [-0.39, 0.29) is 12.5 Å². The molecule has 0 amide bonds. The number of nitrogens with one attached hydrogen (secondary N) is 1. The molecule has 0 aliphatic heterocycles. The first-order valence-corrected chi connectivity index (χ1v) is 5.19. The Morgan fingerprint density at radius 3 is 2.64 bits per heavy atom. The fourth-order valence-electron chi connectivity index (χ4n) is 1.57. The standard InChI is InChI=1S/C10H19NO3/c1-8(3-4-9(12)13)11-7-10(14)5-2-6-10/h8,11,14H,2-7H2,1H3,(H,12,13). The Morgan fingerprint density at radius 2 is 2.21 bits per heavy atom. The number of rotatable bonds is 6. The van der Waals surface area contributed by atoms with Crippen molar-refractivity contribution in [2.75, 3.05) is 6.54 Å². The van der Waals surface area contributed by atoms with Gasteiger partial charge in [-0.15, -0.1) is 0 Å². The third-order valence-electron chi connectivity index (χ3n) is 2.86. The first-order chi connectivity index (χ1) is 6.52. The maximum Gasteiger partial charge on any atom is 0.303 e. The molecule has 0 aromatic heterocycles. The van der Waals surface area contributed by atoms with E-state index in [1.54, 1.807) is 0 Å². The minimum atomic E-state index is -0.763. The van der Waals surface area contributed by atoms with Gasteiger partial charge in [0, 0.05) is 19.0 Å². The molecule has 1 saturated carbocycles. The number of hydrogen-bond donors (Lipinski definition) is 3.